The lowest BCUT2D eigenvalue weighted by Crippen LogP contribution is -2.39. The molecule has 0 N–H and O–H groups in total. The lowest BCUT2D eigenvalue weighted by Gasteiger charge is -2.27. The highest BCUT2D eigenvalue weighted by molar-refractivity contribution is 6.05. The molecule has 0 spiro atoms. The van der Waals surface area contributed by atoms with Gasteiger partial charge in [0.2, 0.25) is 5.91 Å². The van der Waals surface area contributed by atoms with Crippen LogP contribution in [0.4, 0.5) is 0 Å². The summed E-state index contributed by atoms with van der Waals surface area (Å²) in [7, 11) is 1.85. The van der Waals surface area contributed by atoms with Crippen LogP contribution in [0.15, 0.2) is 41.1 Å². The summed E-state index contributed by atoms with van der Waals surface area (Å²) in [5.41, 5.74) is 2.13. The largest absolute Gasteiger partial charge is 0.361 e. The molecule has 1 aliphatic heterocycles. The Bertz CT molecular complexity index is 1080. The smallest absolute Gasteiger partial charge is 0.273 e. The van der Waals surface area contributed by atoms with Gasteiger partial charge in [-0.05, 0) is 44.6 Å². The normalized spacial score (nSPS) is 16.9. The van der Waals surface area contributed by atoms with Gasteiger partial charge in [0.15, 0.2) is 0 Å². The molecule has 0 bridgehead atoms. The second-order valence-electron chi connectivity index (χ2n) is 8.24. The molecule has 2 amide bonds. The van der Waals surface area contributed by atoms with E-state index < -0.39 is 0 Å². The quantitative estimate of drug-likeness (QED) is 0.645. The van der Waals surface area contributed by atoms with Crippen LogP contribution >= 0.6 is 0 Å². The standard InChI is InChI=1S/C24H28N4O3/c1-16-21(17(2)31-26-16)15-22(29)28-13-6-8-19(11-14-28)27(3)24(30)23-20-9-5-4-7-18(20)10-12-25-23/h4-5,7,9-10,12,19H,6,8,11,13-15H2,1-3H3/t19-/m0/s1. The minimum Gasteiger partial charge on any atom is -0.361 e. The zero-order valence-electron chi connectivity index (χ0n) is 18.3. The molecule has 162 valence electrons. The fourth-order valence-corrected chi connectivity index (χ4v) is 4.36. The van der Waals surface area contributed by atoms with Gasteiger partial charge in [0.1, 0.15) is 11.5 Å². The topological polar surface area (TPSA) is 79.5 Å². The number of aryl methyl sites for hydroxylation is 2. The highest BCUT2D eigenvalue weighted by atomic mass is 16.5. The van der Waals surface area contributed by atoms with Gasteiger partial charge in [-0.15, -0.1) is 0 Å². The van der Waals surface area contributed by atoms with Crippen molar-refractivity contribution in [1.29, 1.82) is 0 Å². The fourth-order valence-electron chi connectivity index (χ4n) is 4.36. The number of pyridine rings is 1. The van der Waals surface area contributed by atoms with Crippen molar-refractivity contribution in [2.24, 2.45) is 0 Å². The highest BCUT2D eigenvalue weighted by Crippen LogP contribution is 2.22. The molecule has 4 rings (SSSR count). The summed E-state index contributed by atoms with van der Waals surface area (Å²) in [4.78, 5) is 34.2. The van der Waals surface area contributed by atoms with Gasteiger partial charge in [0, 0.05) is 43.3 Å². The number of fused-ring (bicyclic) bond motifs is 1. The summed E-state index contributed by atoms with van der Waals surface area (Å²) in [5.74, 6) is 0.712. The number of likely N-dealkylation sites (tertiary alicyclic amines) is 1. The van der Waals surface area contributed by atoms with Gasteiger partial charge in [0.05, 0.1) is 12.1 Å². The molecule has 31 heavy (non-hydrogen) atoms. The average molecular weight is 421 g/mol. The number of hydrogen-bond donors (Lipinski definition) is 0. The van der Waals surface area contributed by atoms with Crippen molar-refractivity contribution in [2.75, 3.05) is 20.1 Å². The van der Waals surface area contributed by atoms with E-state index >= 15 is 0 Å². The molecular formula is C24H28N4O3. The van der Waals surface area contributed by atoms with Crippen molar-refractivity contribution in [1.82, 2.24) is 19.9 Å². The molecule has 1 aromatic carbocycles. The molecule has 7 heteroatoms. The summed E-state index contributed by atoms with van der Waals surface area (Å²) < 4.78 is 5.18. The lowest BCUT2D eigenvalue weighted by atomic mass is 10.1. The molecule has 0 radical (unpaired) electrons. The third kappa shape index (κ3) is 4.31. The molecule has 3 aromatic rings. The van der Waals surface area contributed by atoms with Gasteiger partial charge in [0.25, 0.3) is 5.91 Å². The summed E-state index contributed by atoms with van der Waals surface area (Å²) >= 11 is 0. The Hall–Kier alpha value is -3.22. The SMILES string of the molecule is Cc1noc(C)c1CC(=O)N1CCC[C@H](N(C)C(=O)c2nccc3ccccc23)CC1. The number of nitrogens with zero attached hydrogens (tertiary/aromatic N) is 4. The molecule has 0 unspecified atom stereocenters. The minimum absolute atomic E-state index is 0.0719. The maximum absolute atomic E-state index is 13.2. The van der Waals surface area contributed by atoms with Crippen LogP contribution in [0.5, 0.6) is 0 Å². The van der Waals surface area contributed by atoms with E-state index in [1.54, 1.807) is 11.1 Å². The van der Waals surface area contributed by atoms with Gasteiger partial charge >= 0.3 is 0 Å². The van der Waals surface area contributed by atoms with E-state index in [9.17, 15) is 9.59 Å². The van der Waals surface area contributed by atoms with E-state index in [0.29, 0.717) is 31.0 Å². The van der Waals surface area contributed by atoms with E-state index in [2.05, 4.69) is 10.1 Å². The van der Waals surface area contributed by atoms with E-state index in [4.69, 9.17) is 4.52 Å². The molecule has 1 atom stereocenters. The van der Waals surface area contributed by atoms with Gasteiger partial charge in [-0.1, -0.05) is 29.4 Å². The Morgan fingerprint density at radius 2 is 1.97 bits per heavy atom. The van der Waals surface area contributed by atoms with Crippen molar-refractivity contribution in [2.45, 2.75) is 45.6 Å². The van der Waals surface area contributed by atoms with E-state index in [-0.39, 0.29) is 17.9 Å². The van der Waals surface area contributed by atoms with Crippen molar-refractivity contribution in [3.63, 3.8) is 0 Å². The summed E-state index contributed by atoms with van der Waals surface area (Å²) in [5, 5.41) is 5.82. The summed E-state index contributed by atoms with van der Waals surface area (Å²) in [6.45, 7) is 5.03. The van der Waals surface area contributed by atoms with E-state index in [0.717, 1.165) is 41.3 Å². The van der Waals surface area contributed by atoms with Crippen LogP contribution in [-0.4, -0.2) is 57.9 Å². The predicted molar refractivity (Wildman–Crippen MR) is 118 cm³/mol. The zero-order valence-corrected chi connectivity index (χ0v) is 18.3. The molecular weight excluding hydrogens is 392 g/mol. The molecule has 1 saturated heterocycles. The second-order valence-corrected chi connectivity index (χ2v) is 8.24. The Morgan fingerprint density at radius 1 is 1.16 bits per heavy atom. The van der Waals surface area contributed by atoms with Gasteiger partial charge in [-0.2, -0.15) is 0 Å². The third-order valence-corrected chi connectivity index (χ3v) is 6.30. The Morgan fingerprint density at radius 3 is 2.74 bits per heavy atom. The average Bonchev–Trinajstić information content (AvgIpc) is 2.98. The lowest BCUT2D eigenvalue weighted by molar-refractivity contribution is -0.130. The van der Waals surface area contributed by atoms with Crippen LogP contribution < -0.4 is 0 Å². The molecule has 0 saturated carbocycles. The predicted octanol–water partition coefficient (Wildman–Crippen LogP) is 3.54. The van der Waals surface area contributed by atoms with Crippen LogP contribution in [-0.2, 0) is 11.2 Å². The Balaban J connectivity index is 1.43. The zero-order chi connectivity index (χ0) is 22.0. The van der Waals surface area contributed by atoms with Gasteiger partial charge < -0.3 is 14.3 Å². The van der Waals surface area contributed by atoms with Gasteiger partial charge in [-0.25, -0.2) is 0 Å². The third-order valence-electron chi connectivity index (χ3n) is 6.30. The van der Waals surface area contributed by atoms with E-state index in [1.165, 1.54) is 0 Å². The number of hydrogen-bond acceptors (Lipinski definition) is 5. The number of aromatic nitrogens is 2. The Kier molecular flexibility index (Phi) is 6.02. The highest BCUT2D eigenvalue weighted by Gasteiger charge is 2.28. The molecule has 1 fully saturated rings. The monoisotopic (exact) mass is 420 g/mol. The number of rotatable bonds is 4. The second kappa shape index (κ2) is 8.88. The molecule has 7 nitrogen and oxygen atoms in total. The van der Waals surface area contributed by atoms with Crippen molar-refractivity contribution >= 4 is 22.6 Å². The number of benzene rings is 1. The number of carbonyl (C=O) groups excluding carboxylic acids is 2. The van der Waals surface area contributed by atoms with Crippen molar-refractivity contribution < 1.29 is 14.1 Å². The first kappa shape index (κ1) is 21.0. The molecule has 1 aliphatic rings. The maximum atomic E-state index is 13.2. The molecule has 3 heterocycles. The van der Waals surface area contributed by atoms with Crippen LogP contribution in [0, 0.1) is 13.8 Å². The number of carbonyl (C=O) groups is 2. The molecule has 2 aromatic heterocycles. The molecule has 0 aliphatic carbocycles. The Labute approximate surface area is 182 Å². The van der Waals surface area contributed by atoms with Crippen LogP contribution in [0.3, 0.4) is 0 Å². The first-order chi connectivity index (χ1) is 15.0. The minimum atomic E-state index is -0.0719. The maximum Gasteiger partial charge on any atom is 0.273 e. The van der Waals surface area contributed by atoms with Crippen LogP contribution in [0.25, 0.3) is 10.8 Å². The van der Waals surface area contributed by atoms with Gasteiger partial charge in [-0.3, -0.25) is 14.6 Å². The first-order valence-electron chi connectivity index (χ1n) is 10.8. The van der Waals surface area contributed by atoms with Crippen molar-refractivity contribution in [3.05, 3.63) is 59.2 Å². The van der Waals surface area contributed by atoms with E-state index in [1.807, 2.05) is 56.1 Å². The van der Waals surface area contributed by atoms with Crippen LogP contribution in [0.1, 0.15) is 46.8 Å². The summed E-state index contributed by atoms with van der Waals surface area (Å²) in [6, 6.07) is 9.80. The fraction of sp³-hybridized carbons (Fsp3) is 0.417. The summed E-state index contributed by atoms with van der Waals surface area (Å²) in [6.07, 6.45) is 4.47. The van der Waals surface area contributed by atoms with Crippen molar-refractivity contribution in [3.8, 4) is 0 Å². The number of amides is 2. The first-order valence-corrected chi connectivity index (χ1v) is 10.8. The van der Waals surface area contributed by atoms with Crippen LogP contribution in [0.2, 0.25) is 0 Å².